The third-order valence-corrected chi connectivity index (χ3v) is 5.05. The molecule has 1 amide bonds. The van der Waals surface area contributed by atoms with Crippen molar-refractivity contribution in [3.63, 3.8) is 0 Å². The van der Waals surface area contributed by atoms with Crippen molar-refractivity contribution in [3.05, 3.63) is 0 Å². The molecule has 3 atom stereocenters. The number of nitrogens with zero attached hydrogens (tertiary/aromatic N) is 4. The van der Waals surface area contributed by atoms with Crippen molar-refractivity contribution in [2.45, 2.75) is 39.8 Å². The Hall–Kier alpha value is -1.93. The first kappa shape index (κ1) is 18.1. The molecule has 1 rings (SSSR count). The normalized spacial score (nSPS) is 30.2. The van der Waals surface area contributed by atoms with Crippen molar-refractivity contribution < 1.29 is 9.63 Å². The van der Waals surface area contributed by atoms with Crippen molar-refractivity contribution in [1.82, 2.24) is 0 Å². The van der Waals surface area contributed by atoms with E-state index in [0.29, 0.717) is 12.8 Å². The zero-order chi connectivity index (χ0) is 17.0. The smallest absolute Gasteiger partial charge is 0.240 e. The molecular weight excluding hydrogens is 350 g/mol. The number of primary amides is 1. The maximum absolute atomic E-state index is 12.3. The van der Waals surface area contributed by atoms with Gasteiger partial charge in [-0.15, -0.1) is 0 Å². The lowest BCUT2D eigenvalue weighted by Crippen LogP contribution is -2.62. The molecule has 0 bridgehead atoms. The maximum atomic E-state index is 12.3. The first-order chi connectivity index (χ1) is 10.4. The highest BCUT2D eigenvalue weighted by Gasteiger charge is 2.67. The van der Waals surface area contributed by atoms with Gasteiger partial charge < -0.3 is 10.6 Å². The Morgan fingerprint density at radius 2 is 2.14 bits per heavy atom. The molecule has 0 aromatic rings. The van der Waals surface area contributed by atoms with Crippen molar-refractivity contribution in [1.29, 1.82) is 10.5 Å². The van der Waals surface area contributed by atoms with Gasteiger partial charge in [-0.2, -0.15) is 10.5 Å². The van der Waals surface area contributed by atoms with Gasteiger partial charge in [-0.25, -0.2) is 4.99 Å². The molecule has 0 saturated carbocycles. The number of nitriles is 2. The van der Waals surface area contributed by atoms with Gasteiger partial charge in [0.25, 0.3) is 0 Å². The molecule has 0 aromatic heterocycles. The van der Waals surface area contributed by atoms with E-state index in [9.17, 15) is 15.3 Å². The molecule has 118 valence electrons. The van der Waals surface area contributed by atoms with E-state index in [4.69, 9.17) is 10.6 Å². The molecule has 0 radical (unpaired) electrons. The Morgan fingerprint density at radius 1 is 1.55 bits per heavy atom. The number of rotatable bonds is 5. The number of nitrogens with two attached hydrogens (primary N) is 1. The molecule has 22 heavy (non-hydrogen) atoms. The zero-order valence-electron chi connectivity index (χ0n) is 12.7. The van der Waals surface area contributed by atoms with Crippen LogP contribution in [0, 0.1) is 39.4 Å². The fourth-order valence-electron chi connectivity index (χ4n) is 3.14. The summed E-state index contributed by atoms with van der Waals surface area (Å²) in [5, 5.41) is 23.0. The number of hydrogen-bond acceptors (Lipinski definition) is 6. The van der Waals surface area contributed by atoms with Gasteiger partial charge >= 0.3 is 0 Å². The number of carbonyl (C=O) groups excluding carboxylic acids is 1. The van der Waals surface area contributed by atoms with Crippen molar-refractivity contribution in [2.24, 2.45) is 32.6 Å². The lowest BCUT2D eigenvalue weighted by atomic mass is 9.53. The lowest BCUT2D eigenvalue weighted by molar-refractivity contribution is -0.149. The Labute approximate surface area is 137 Å². The van der Waals surface area contributed by atoms with Crippen LogP contribution < -0.4 is 5.73 Å². The number of carbonyl (C=O) groups is 1. The summed E-state index contributed by atoms with van der Waals surface area (Å²) < 4.78 is 0.171. The second-order valence-corrected chi connectivity index (χ2v) is 5.80. The van der Waals surface area contributed by atoms with Crippen LogP contribution in [0.15, 0.2) is 10.1 Å². The van der Waals surface area contributed by atoms with Gasteiger partial charge in [0, 0.05) is 6.21 Å². The van der Waals surface area contributed by atoms with Crippen molar-refractivity contribution in [3.8, 4) is 12.1 Å². The fourth-order valence-corrected chi connectivity index (χ4v) is 3.77. The number of halogens is 1. The van der Waals surface area contributed by atoms with E-state index in [1.54, 1.807) is 6.92 Å². The van der Waals surface area contributed by atoms with Gasteiger partial charge in [0.15, 0.2) is 5.41 Å². The van der Waals surface area contributed by atoms with Gasteiger partial charge in [-0.1, -0.05) is 19.0 Å². The Kier molecular flexibility index (Phi) is 5.67. The van der Waals surface area contributed by atoms with E-state index in [2.05, 4.69) is 26.1 Å². The zero-order valence-corrected chi connectivity index (χ0v) is 14.3. The highest BCUT2D eigenvalue weighted by molar-refractivity contribution is 9.18. The van der Waals surface area contributed by atoms with Crippen molar-refractivity contribution in [2.75, 3.05) is 0 Å². The van der Waals surface area contributed by atoms with E-state index in [1.807, 2.05) is 26.0 Å². The summed E-state index contributed by atoms with van der Waals surface area (Å²) >= 11 is 3.18. The minimum atomic E-state index is -1.75. The average Bonchev–Trinajstić information content (AvgIpc) is 2.51. The maximum Gasteiger partial charge on any atom is 0.240 e. The van der Waals surface area contributed by atoms with E-state index in [0.717, 1.165) is 0 Å². The Morgan fingerprint density at radius 3 is 2.50 bits per heavy atom. The van der Waals surface area contributed by atoms with Crippen LogP contribution in [0.5, 0.6) is 0 Å². The molecule has 2 N–H and O–H groups in total. The molecule has 1 heterocycles. The van der Waals surface area contributed by atoms with Gasteiger partial charge in [-0.3, -0.25) is 4.79 Å². The Balaban J connectivity index is 3.74. The predicted octanol–water partition coefficient (Wildman–Crippen LogP) is 2.08. The summed E-state index contributed by atoms with van der Waals surface area (Å²) in [6, 6.07) is 3.99. The van der Waals surface area contributed by atoms with Crippen LogP contribution in [0.3, 0.4) is 0 Å². The van der Waals surface area contributed by atoms with Crippen LogP contribution in [0.4, 0.5) is 0 Å². The second kappa shape index (κ2) is 6.89. The highest BCUT2D eigenvalue weighted by atomic mass is 79.9. The van der Waals surface area contributed by atoms with Crippen LogP contribution in [-0.2, 0) is 9.63 Å². The SMILES string of the molecule is C/C=N\O[C@@H]1N=C(Br)C(C#N)[C@@](C#N)(C(N)=O)C1(CC)CC. The summed E-state index contributed by atoms with van der Waals surface area (Å²) in [4.78, 5) is 21.9. The standard InChI is InChI=1S/C14H18BrN5O2/c1-4-13(5-2)12(22-19-6-3)20-10(15)9(7-16)14(13,8-17)11(18)21/h6,9,12H,4-5H2,1-3H3,(H2,18,21)/b19-6-/t9?,12-,14-/m0/s1. The molecule has 7 nitrogen and oxygen atoms in total. The van der Waals surface area contributed by atoms with E-state index in [-0.39, 0.29) is 4.62 Å². The van der Waals surface area contributed by atoms with Crippen molar-refractivity contribution >= 4 is 32.7 Å². The summed E-state index contributed by atoms with van der Waals surface area (Å²) in [7, 11) is 0. The minimum Gasteiger partial charge on any atom is -0.368 e. The summed E-state index contributed by atoms with van der Waals surface area (Å²) in [5.41, 5.74) is 2.78. The van der Waals surface area contributed by atoms with Gasteiger partial charge in [0.05, 0.1) is 17.6 Å². The first-order valence-electron chi connectivity index (χ1n) is 6.89. The molecule has 1 unspecified atom stereocenters. The molecule has 1 aliphatic heterocycles. The molecular formula is C14H18BrN5O2. The topological polar surface area (TPSA) is 125 Å². The second-order valence-electron chi connectivity index (χ2n) is 4.98. The van der Waals surface area contributed by atoms with E-state index < -0.39 is 28.9 Å². The molecule has 0 spiro atoms. The molecule has 0 saturated heterocycles. The summed E-state index contributed by atoms with van der Waals surface area (Å²) in [6.07, 6.45) is 1.32. The van der Waals surface area contributed by atoms with Crippen LogP contribution in [0.25, 0.3) is 0 Å². The van der Waals surface area contributed by atoms with Crippen LogP contribution in [-0.4, -0.2) is 23.0 Å². The summed E-state index contributed by atoms with van der Waals surface area (Å²) in [5.74, 6) is -1.94. The highest BCUT2D eigenvalue weighted by Crippen LogP contribution is 2.56. The number of amides is 1. The monoisotopic (exact) mass is 367 g/mol. The average molecular weight is 368 g/mol. The first-order valence-corrected chi connectivity index (χ1v) is 7.68. The van der Waals surface area contributed by atoms with Gasteiger partial charge in [0.2, 0.25) is 12.1 Å². The third kappa shape index (κ3) is 2.28. The largest absolute Gasteiger partial charge is 0.368 e. The van der Waals surface area contributed by atoms with Crippen LogP contribution >= 0.6 is 15.9 Å². The number of hydrogen-bond donors (Lipinski definition) is 1. The van der Waals surface area contributed by atoms with Gasteiger partial charge in [0.1, 0.15) is 10.5 Å². The number of aliphatic imine (C=N–C) groups is 1. The molecule has 1 aliphatic rings. The van der Waals surface area contributed by atoms with Crippen LogP contribution in [0.2, 0.25) is 0 Å². The summed E-state index contributed by atoms with van der Waals surface area (Å²) in [6.45, 7) is 5.30. The fraction of sp³-hybridized carbons (Fsp3) is 0.643. The predicted molar refractivity (Wildman–Crippen MR) is 84.8 cm³/mol. The molecule has 8 heteroatoms. The molecule has 0 fully saturated rings. The number of oxime groups is 1. The van der Waals surface area contributed by atoms with E-state index in [1.165, 1.54) is 6.21 Å². The Bertz CT molecular complexity index is 585. The minimum absolute atomic E-state index is 0.171. The lowest BCUT2D eigenvalue weighted by Gasteiger charge is -2.49. The molecule has 0 aliphatic carbocycles. The molecule has 0 aromatic carbocycles. The van der Waals surface area contributed by atoms with Crippen LogP contribution in [0.1, 0.15) is 33.6 Å². The quantitative estimate of drug-likeness (QED) is 0.589. The van der Waals surface area contributed by atoms with E-state index >= 15 is 0 Å². The third-order valence-electron chi connectivity index (χ3n) is 4.39. The van der Waals surface area contributed by atoms with Gasteiger partial charge in [-0.05, 0) is 35.7 Å².